The van der Waals surface area contributed by atoms with Crippen molar-refractivity contribution in [2.75, 3.05) is 5.32 Å². The molecule has 0 unspecified atom stereocenters. The van der Waals surface area contributed by atoms with E-state index < -0.39 is 4.92 Å². The number of pyridine rings is 2. The molecule has 0 amide bonds. The highest BCUT2D eigenvalue weighted by atomic mass is 19.1. The summed E-state index contributed by atoms with van der Waals surface area (Å²) in [6.07, 6.45) is 1.63. The minimum Gasteiger partial charge on any atom is -0.439 e. The number of fused-ring (bicyclic) bond motifs is 1. The smallest absolute Gasteiger partial charge is 0.270 e. The molecule has 4 aromatic rings. The third-order valence-electron chi connectivity index (χ3n) is 4.43. The van der Waals surface area contributed by atoms with Crippen molar-refractivity contribution in [2.45, 2.75) is 6.54 Å². The molecule has 2 heterocycles. The van der Waals surface area contributed by atoms with Crippen molar-refractivity contribution in [2.24, 2.45) is 0 Å². The van der Waals surface area contributed by atoms with E-state index in [9.17, 15) is 19.8 Å². The standard InChI is InChI=1S/C22H14FN5O3/c23-16-2-5-18(6-3-16)31-22-8-1-14(13-26-22)12-25-21-9-15(11-24)19-10-17(28(29)30)4-7-20(19)27-21/h1-10,13H,12H2,(H,25,27). The largest absolute Gasteiger partial charge is 0.439 e. The number of anilines is 1. The molecule has 0 saturated heterocycles. The average molecular weight is 415 g/mol. The van der Waals surface area contributed by atoms with Gasteiger partial charge in [0.15, 0.2) is 0 Å². The molecule has 0 atom stereocenters. The molecule has 0 radical (unpaired) electrons. The number of hydrogen-bond donors (Lipinski definition) is 1. The van der Waals surface area contributed by atoms with Crippen molar-refractivity contribution in [3.63, 3.8) is 0 Å². The fraction of sp³-hybridized carbons (Fsp3) is 0.0455. The van der Waals surface area contributed by atoms with Crippen molar-refractivity contribution >= 4 is 22.4 Å². The van der Waals surface area contributed by atoms with Gasteiger partial charge >= 0.3 is 0 Å². The van der Waals surface area contributed by atoms with Crippen LogP contribution in [0.4, 0.5) is 15.9 Å². The maximum absolute atomic E-state index is 13.0. The second-order valence-electron chi connectivity index (χ2n) is 6.54. The van der Waals surface area contributed by atoms with Crippen LogP contribution in [-0.2, 0) is 6.54 Å². The van der Waals surface area contributed by atoms with E-state index in [1.54, 1.807) is 18.3 Å². The van der Waals surface area contributed by atoms with Crippen LogP contribution in [0.2, 0.25) is 0 Å². The van der Waals surface area contributed by atoms with E-state index in [0.29, 0.717) is 34.9 Å². The first-order chi connectivity index (χ1) is 15.0. The Morgan fingerprint density at radius 3 is 2.61 bits per heavy atom. The van der Waals surface area contributed by atoms with Crippen LogP contribution in [0.3, 0.4) is 0 Å². The summed E-state index contributed by atoms with van der Waals surface area (Å²) in [5, 5.41) is 23.9. The van der Waals surface area contributed by atoms with Crippen LogP contribution in [0.25, 0.3) is 10.9 Å². The highest BCUT2D eigenvalue weighted by Crippen LogP contribution is 2.25. The maximum atomic E-state index is 13.0. The zero-order chi connectivity index (χ0) is 21.8. The van der Waals surface area contributed by atoms with Gasteiger partial charge in [-0.1, -0.05) is 6.07 Å². The van der Waals surface area contributed by atoms with Gasteiger partial charge in [0, 0.05) is 36.3 Å². The van der Waals surface area contributed by atoms with Crippen molar-refractivity contribution in [1.82, 2.24) is 9.97 Å². The normalized spacial score (nSPS) is 10.5. The second kappa shape index (κ2) is 8.42. The van der Waals surface area contributed by atoms with E-state index in [-0.39, 0.29) is 17.1 Å². The Kier molecular flexibility index (Phi) is 5.36. The van der Waals surface area contributed by atoms with Crippen molar-refractivity contribution in [1.29, 1.82) is 5.26 Å². The SMILES string of the molecule is N#Cc1cc(NCc2ccc(Oc3ccc(F)cc3)nc2)nc2ccc([N+](=O)[O-])cc12. The monoisotopic (exact) mass is 415 g/mol. The van der Waals surface area contributed by atoms with Crippen LogP contribution < -0.4 is 10.1 Å². The molecule has 8 nitrogen and oxygen atoms in total. The zero-order valence-corrected chi connectivity index (χ0v) is 15.9. The van der Waals surface area contributed by atoms with Gasteiger partial charge in [-0.2, -0.15) is 5.26 Å². The van der Waals surface area contributed by atoms with Crippen molar-refractivity contribution < 1.29 is 14.1 Å². The molecule has 0 aliphatic rings. The summed E-state index contributed by atoms with van der Waals surface area (Å²) in [5.41, 5.74) is 1.52. The molecule has 9 heteroatoms. The average Bonchev–Trinajstić information content (AvgIpc) is 2.79. The van der Waals surface area contributed by atoms with Crippen LogP contribution in [0, 0.1) is 27.3 Å². The summed E-state index contributed by atoms with van der Waals surface area (Å²) in [5.74, 6) is 0.961. The Morgan fingerprint density at radius 1 is 1.13 bits per heavy atom. The molecular weight excluding hydrogens is 401 g/mol. The summed E-state index contributed by atoms with van der Waals surface area (Å²) in [7, 11) is 0. The van der Waals surface area contributed by atoms with E-state index in [1.807, 2.05) is 6.07 Å². The quantitative estimate of drug-likeness (QED) is 0.350. The van der Waals surface area contributed by atoms with E-state index in [2.05, 4.69) is 21.4 Å². The van der Waals surface area contributed by atoms with E-state index in [0.717, 1.165) is 5.56 Å². The summed E-state index contributed by atoms with van der Waals surface area (Å²) < 4.78 is 18.5. The molecule has 0 aliphatic carbocycles. The Bertz CT molecular complexity index is 1300. The molecule has 31 heavy (non-hydrogen) atoms. The fourth-order valence-electron chi connectivity index (χ4n) is 2.90. The molecule has 0 fully saturated rings. The first-order valence-corrected chi connectivity index (χ1v) is 9.13. The number of nitriles is 1. The number of halogens is 1. The number of nitro benzene ring substituents is 1. The molecule has 1 N–H and O–H groups in total. The molecular formula is C22H14FN5O3. The van der Waals surface area contributed by atoms with E-state index >= 15 is 0 Å². The highest BCUT2D eigenvalue weighted by Gasteiger charge is 2.11. The Balaban J connectivity index is 1.47. The van der Waals surface area contributed by atoms with Gasteiger partial charge in [0.1, 0.15) is 17.4 Å². The summed E-state index contributed by atoms with van der Waals surface area (Å²) in [6, 6.07) is 16.9. The van der Waals surface area contributed by atoms with Crippen LogP contribution in [0.1, 0.15) is 11.1 Å². The molecule has 0 bridgehead atoms. The molecule has 4 rings (SSSR count). The van der Waals surface area contributed by atoms with Crippen LogP contribution in [0.5, 0.6) is 11.6 Å². The summed E-state index contributed by atoms with van der Waals surface area (Å²) in [4.78, 5) is 19.1. The number of aromatic nitrogens is 2. The minimum absolute atomic E-state index is 0.0967. The molecule has 0 spiro atoms. The topological polar surface area (TPSA) is 114 Å². The molecule has 0 saturated carbocycles. The number of ether oxygens (including phenoxy) is 1. The molecule has 0 aliphatic heterocycles. The third-order valence-corrected chi connectivity index (χ3v) is 4.43. The first kappa shape index (κ1) is 19.7. The van der Waals surface area contributed by atoms with Gasteiger partial charge in [-0.25, -0.2) is 14.4 Å². The third kappa shape index (κ3) is 4.54. The fourth-order valence-corrected chi connectivity index (χ4v) is 2.90. The lowest BCUT2D eigenvalue weighted by Crippen LogP contribution is -2.03. The summed E-state index contributed by atoms with van der Waals surface area (Å²) >= 11 is 0. The minimum atomic E-state index is -0.511. The summed E-state index contributed by atoms with van der Waals surface area (Å²) in [6.45, 7) is 0.389. The predicted octanol–water partition coefficient (Wildman–Crippen LogP) is 4.95. The Morgan fingerprint density at radius 2 is 1.94 bits per heavy atom. The van der Waals surface area contributed by atoms with Gasteiger partial charge in [0.2, 0.25) is 5.88 Å². The number of nitrogens with zero attached hydrogens (tertiary/aromatic N) is 4. The predicted molar refractivity (Wildman–Crippen MR) is 111 cm³/mol. The number of hydrogen-bond acceptors (Lipinski definition) is 7. The van der Waals surface area contributed by atoms with Crippen LogP contribution in [-0.4, -0.2) is 14.9 Å². The van der Waals surface area contributed by atoms with Crippen molar-refractivity contribution in [3.05, 3.63) is 93.9 Å². The van der Waals surface area contributed by atoms with Crippen molar-refractivity contribution in [3.8, 4) is 17.7 Å². The molecule has 2 aromatic heterocycles. The maximum Gasteiger partial charge on any atom is 0.270 e. The lowest BCUT2D eigenvalue weighted by atomic mass is 10.1. The number of nitro groups is 1. The van der Waals surface area contributed by atoms with E-state index in [4.69, 9.17) is 4.74 Å². The van der Waals surface area contributed by atoms with Gasteiger partial charge in [0.05, 0.1) is 22.1 Å². The van der Waals surface area contributed by atoms with Gasteiger partial charge in [-0.05, 0) is 42.0 Å². The molecule has 152 valence electrons. The number of non-ortho nitro benzene ring substituents is 1. The Hall–Kier alpha value is -4.58. The number of benzene rings is 2. The highest BCUT2D eigenvalue weighted by molar-refractivity contribution is 5.88. The lowest BCUT2D eigenvalue weighted by Gasteiger charge is -2.09. The van der Waals surface area contributed by atoms with E-state index in [1.165, 1.54) is 42.5 Å². The van der Waals surface area contributed by atoms with Gasteiger partial charge in [0.25, 0.3) is 5.69 Å². The Labute approximate surface area is 175 Å². The van der Waals surface area contributed by atoms with Crippen LogP contribution in [0.15, 0.2) is 66.9 Å². The van der Waals surface area contributed by atoms with Crippen LogP contribution >= 0.6 is 0 Å². The van der Waals surface area contributed by atoms with Gasteiger partial charge in [-0.15, -0.1) is 0 Å². The number of rotatable bonds is 6. The number of nitrogens with one attached hydrogen (secondary N) is 1. The van der Waals surface area contributed by atoms with Gasteiger partial charge < -0.3 is 10.1 Å². The second-order valence-corrected chi connectivity index (χ2v) is 6.54. The molecule has 2 aromatic carbocycles. The van der Waals surface area contributed by atoms with Gasteiger partial charge in [-0.3, -0.25) is 10.1 Å². The lowest BCUT2D eigenvalue weighted by molar-refractivity contribution is -0.384. The zero-order valence-electron chi connectivity index (χ0n) is 15.9. The first-order valence-electron chi connectivity index (χ1n) is 9.13.